The molecule has 0 aliphatic carbocycles. The van der Waals surface area contributed by atoms with Gasteiger partial charge in [-0.3, -0.25) is 9.59 Å². The number of nitrogens with one attached hydrogen (secondary N) is 2. The monoisotopic (exact) mass is 346 g/mol. The number of carbonyl (C=O) groups is 2. The molecular weight excluding hydrogens is 327 g/mol. The Balaban J connectivity index is 2.20. The molecule has 132 valence electrons. The highest BCUT2D eigenvalue weighted by Gasteiger charge is 2.12. The Morgan fingerprint density at radius 2 is 1.84 bits per heavy atom. The predicted molar refractivity (Wildman–Crippen MR) is 92.8 cm³/mol. The molecule has 0 heterocycles. The van der Waals surface area contributed by atoms with E-state index in [9.17, 15) is 14.0 Å². The van der Waals surface area contributed by atoms with Crippen molar-refractivity contribution in [2.75, 3.05) is 24.4 Å². The molecule has 0 saturated heterocycles. The quantitative estimate of drug-likeness (QED) is 0.840. The van der Waals surface area contributed by atoms with Crippen LogP contribution in [0, 0.1) is 5.82 Å². The van der Waals surface area contributed by atoms with E-state index in [1.165, 1.54) is 32.2 Å². The number of methoxy groups -OCH3 is 1. The van der Waals surface area contributed by atoms with E-state index in [1.54, 1.807) is 18.2 Å². The number of hydrogen-bond acceptors (Lipinski definition) is 4. The molecule has 2 rings (SSSR count). The maximum absolute atomic E-state index is 13.6. The van der Waals surface area contributed by atoms with Gasteiger partial charge in [-0.05, 0) is 43.3 Å². The lowest BCUT2D eigenvalue weighted by molar-refractivity contribution is -0.114. The molecule has 0 atom stereocenters. The van der Waals surface area contributed by atoms with Crippen molar-refractivity contribution in [2.45, 2.75) is 13.8 Å². The zero-order chi connectivity index (χ0) is 18.4. The van der Waals surface area contributed by atoms with E-state index in [-0.39, 0.29) is 5.69 Å². The van der Waals surface area contributed by atoms with Gasteiger partial charge in [-0.15, -0.1) is 0 Å². The number of carbonyl (C=O) groups excluding carboxylic acids is 2. The summed E-state index contributed by atoms with van der Waals surface area (Å²) < 4.78 is 24.3. The van der Waals surface area contributed by atoms with Crippen LogP contribution in [0.2, 0.25) is 0 Å². The standard InChI is InChI=1S/C18H19FN2O4/c1-4-25-16-8-5-12(9-17(16)24-3)18(23)21-13-6-7-14(19)15(10-13)20-11(2)22/h5-10H,4H2,1-3H3,(H,20,22)(H,21,23). The Hall–Kier alpha value is -3.09. The maximum atomic E-state index is 13.6. The van der Waals surface area contributed by atoms with Gasteiger partial charge in [-0.25, -0.2) is 4.39 Å². The van der Waals surface area contributed by atoms with E-state index in [0.29, 0.717) is 29.4 Å². The molecule has 2 aromatic rings. The number of benzene rings is 2. The third-order valence-corrected chi connectivity index (χ3v) is 3.26. The topological polar surface area (TPSA) is 76.7 Å². The summed E-state index contributed by atoms with van der Waals surface area (Å²) in [6.07, 6.45) is 0. The average Bonchev–Trinajstić information content (AvgIpc) is 2.58. The van der Waals surface area contributed by atoms with Crippen LogP contribution >= 0.6 is 0 Å². The summed E-state index contributed by atoms with van der Waals surface area (Å²) in [5.74, 6) is -0.417. The van der Waals surface area contributed by atoms with Crippen molar-refractivity contribution < 1.29 is 23.5 Å². The van der Waals surface area contributed by atoms with Gasteiger partial charge in [0.1, 0.15) is 5.82 Å². The van der Waals surface area contributed by atoms with Crippen LogP contribution in [0.4, 0.5) is 15.8 Å². The highest BCUT2D eigenvalue weighted by molar-refractivity contribution is 6.05. The van der Waals surface area contributed by atoms with Gasteiger partial charge in [-0.1, -0.05) is 0 Å². The second-order valence-electron chi connectivity index (χ2n) is 5.13. The molecule has 0 bridgehead atoms. The first-order valence-electron chi connectivity index (χ1n) is 7.64. The third kappa shape index (κ3) is 4.69. The summed E-state index contributed by atoms with van der Waals surface area (Å²) in [6.45, 7) is 3.60. The summed E-state index contributed by atoms with van der Waals surface area (Å²) in [6, 6.07) is 8.72. The van der Waals surface area contributed by atoms with E-state index in [4.69, 9.17) is 9.47 Å². The lowest BCUT2D eigenvalue weighted by Gasteiger charge is -2.12. The smallest absolute Gasteiger partial charge is 0.255 e. The third-order valence-electron chi connectivity index (χ3n) is 3.26. The van der Waals surface area contributed by atoms with Crippen molar-refractivity contribution in [3.05, 3.63) is 47.8 Å². The van der Waals surface area contributed by atoms with Crippen LogP contribution in [-0.2, 0) is 4.79 Å². The fourth-order valence-corrected chi connectivity index (χ4v) is 2.18. The first-order chi connectivity index (χ1) is 11.9. The zero-order valence-corrected chi connectivity index (χ0v) is 14.2. The fraction of sp³-hybridized carbons (Fsp3) is 0.222. The molecule has 0 spiro atoms. The first kappa shape index (κ1) is 18.3. The highest BCUT2D eigenvalue weighted by Crippen LogP contribution is 2.28. The molecule has 7 heteroatoms. The minimum atomic E-state index is -0.587. The molecular formula is C18H19FN2O4. The Labute approximate surface area is 144 Å². The molecule has 2 N–H and O–H groups in total. The van der Waals surface area contributed by atoms with Crippen molar-refractivity contribution in [1.29, 1.82) is 0 Å². The van der Waals surface area contributed by atoms with Gasteiger partial charge < -0.3 is 20.1 Å². The minimum Gasteiger partial charge on any atom is -0.493 e. The van der Waals surface area contributed by atoms with Gasteiger partial charge in [0.2, 0.25) is 5.91 Å². The summed E-state index contributed by atoms with van der Waals surface area (Å²) in [7, 11) is 1.49. The van der Waals surface area contributed by atoms with Crippen molar-refractivity contribution >= 4 is 23.2 Å². The number of anilines is 2. The fourth-order valence-electron chi connectivity index (χ4n) is 2.18. The van der Waals surface area contributed by atoms with Crippen LogP contribution in [0.3, 0.4) is 0 Å². The van der Waals surface area contributed by atoms with E-state index in [0.717, 1.165) is 0 Å². The Bertz CT molecular complexity index is 793. The van der Waals surface area contributed by atoms with Gasteiger partial charge >= 0.3 is 0 Å². The van der Waals surface area contributed by atoms with Gasteiger partial charge in [0, 0.05) is 18.2 Å². The van der Waals surface area contributed by atoms with Crippen LogP contribution in [-0.4, -0.2) is 25.5 Å². The predicted octanol–water partition coefficient (Wildman–Crippen LogP) is 3.44. The van der Waals surface area contributed by atoms with Crippen molar-refractivity contribution in [1.82, 2.24) is 0 Å². The molecule has 2 aromatic carbocycles. The van der Waals surface area contributed by atoms with E-state index in [1.807, 2.05) is 6.92 Å². The Morgan fingerprint density at radius 1 is 1.08 bits per heavy atom. The van der Waals surface area contributed by atoms with Crippen LogP contribution in [0.1, 0.15) is 24.2 Å². The summed E-state index contributed by atoms with van der Waals surface area (Å²) in [4.78, 5) is 23.5. The van der Waals surface area contributed by atoms with Gasteiger partial charge in [0.25, 0.3) is 5.91 Å². The van der Waals surface area contributed by atoms with Crippen LogP contribution in [0.15, 0.2) is 36.4 Å². The largest absolute Gasteiger partial charge is 0.493 e. The van der Waals surface area contributed by atoms with Crippen LogP contribution < -0.4 is 20.1 Å². The molecule has 0 aliphatic heterocycles. The number of ether oxygens (including phenoxy) is 2. The van der Waals surface area contributed by atoms with Crippen LogP contribution in [0.5, 0.6) is 11.5 Å². The van der Waals surface area contributed by atoms with Gasteiger partial charge in [0.05, 0.1) is 19.4 Å². The molecule has 0 aromatic heterocycles. The van der Waals surface area contributed by atoms with Gasteiger partial charge in [0.15, 0.2) is 11.5 Å². The van der Waals surface area contributed by atoms with E-state index < -0.39 is 17.6 Å². The lowest BCUT2D eigenvalue weighted by Crippen LogP contribution is -2.13. The molecule has 0 fully saturated rings. The number of hydrogen-bond donors (Lipinski definition) is 2. The molecule has 2 amide bonds. The maximum Gasteiger partial charge on any atom is 0.255 e. The summed E-state index contributed by atoms with van der Waals surface area (Å²) in [5, 5.41) is 5.01. The lowest BCUT2D eigenvalue weighted by atomic mass is 10.1. The summed E-state index contributed by atoms with van der Waals surface area (Å²) >= 11 is 0. The van der Waals surface area contributed by atoms with Gasteiger partial charge in [-0.2, -0.15) is 0 Å². The van der Waals surface area contributed by atoms with E-state index in [2.05, 4.69) is 10.6 Å². The Morgan fingerprint density at radius 3 is 2.48 bits per heavy atom. The summed E-state index contributed by atoms with van der Waals surface area (Å²) in [5.41, 5.74) is 0.697. The van der Waals surface area contributed by atoms with Crippen LogP contribution in [0.25, 0.3) is 0 Å². The first-order valence-corrected chi connectivity index (χ1v) is 7.64. The molecule has 0 unspecified atom stereocenters. The normalized spacial score (nSPS) is 10.1. The van der Waals surface area contributed by atoms with E-state index >= 15 is 0 Å². The Kier molecular flexibility index (Phi) is 5.94. The second kappa shape index (κ2) is 8.14. The number of halogens is 1. The SMILES string of the molecule is CCOc1ccc(C(=O)Nc2ccc(F)c(NC(C)=O)c2)cc1OC. The average molecular weight is 346 g/mol. The van der Waals surface area contributed by atoms with Crippen molar-refractivity contribution in [3.8, 4) is 11.5 Å². The number of amides is 2. The highest BCUT2D eigenvalue weighted by atomic mass is 19.1. The molecule has 0 aliphatic rings. The zero-order valence-electron chi connectivity index (χ0n) is 14.2. The molecule has 0 saturated carbocycles. The molecule has 25 heavy (non-hydrogen) atoms. The minimum absolute atomic E-state index is 0.00502. The second-order valence-corrected chi connectivity index (χ2v) is 5.13. The van der Waals surface area contributed by atoms with Crippen molar-refractivity contribution in [3.63, 3.8) is 0 Å². The number of rotatable bonds is 6. The van der Waals surface area contributed by atoms with Crippen molar-refractivity contribution in [2.24, 2.45) is 0 Å². The molecule has 6 nitrogen and oxygen atoms in total. The molecule has 0 radical (unpaired) electrons.